The lowest BCUT2D eigenvalue weighted by atomic mass is 10.2. The summed E-state index contributed by atoms with van der Waals surface area (Å²) in [6.07, 6.45) is 0. The summed E-state index contributed by atoms with van der Waals surface area (Å²) >= 11 is 0. The summed E-state index contributed by atoms with van der Waals surface area (Å²) in [5.41, 5.74) is 2.90. The highest BCUT2D eigenvalue weighted by atomic mass is 32.2. The van der Waals surface area contributed by atoms with Gasteiger partial charge < -0.3 is 0 Å². The van der Waals surface area contributed by atoms with Crippen LogP contribution in [0, 0.1) is 6.92 Å². The van der Waals surface area contributed by atoms with Crippen LogP contribution in [0.5, 0.6) is 0 Å². The Labute approximate surface area is 159 Å². The highest BCUT2D eigenvalue weighted by Gasteiger charge is 2.25. The average molecular weight is 376 g/mol. The number of fused-ring (bicyclic) bond motifs is 1. The first-order valence-electron chi connectivity index (χ1n) is 8.70. The molecule has 0 saturated heterocycles. The largest absolute Gasteiger partial charge is 0.295 e. The summed E-state index contributed by atoms with van der Waals surface area (Å²) in [6, 6.07) is 26.5. The van der Waals surface area contributed by atoms with Gasteiger partial charge in [-0.25, -0.2) is 8.42 Å². The van der Waals surface area contributed by atoms with E-state index in [1.807, 2.05) is 84.3 Å². The molecule has 0 spiro atoms. The van der Waals surface area contributed by atoms with Crippen molar-refractivity contribution in [2.75, 3.05) is 11.4 Å². The fourth-order valence-corrected chi connectivity index (χ4v) is 4.39. The average Bonchev–Trinajstić information content (AvgIpc) is 3.07. The highest BCUT2D eigenvalue weighted by molar-refractivity contribution is 7.92. The van der Waals surface area contributed by atoms with Gasteiger partial charge >= 0.3 is 0 Å². The Morgan fingerprint density at radius 2 is 1.44 bits per heavy atom. The summed E-state index contributed by atoms with van der Waals surface area (Å²) < 4.78 is 29.8. The minimum atomic E-state index is -3.67. The molecule has 4 aromatic rings. The summed E-state index contributed by atoms with van der Waals surface area (Å²) in [5.74, 6) is 0.600. The Morgan fingerprint density at radius 3 is 2.15 bits per heavy atom. The number of rotatable bonds is 4. The van der Waals surface area contributed by atoms with Crippen LogP contribution in [-0.2, 0) is 10.0 Å². The molecule has 1 aromatic heterocycles. The molecule has 27 heavy (non-hydrogen) atoms. The molecule has 0 aliphatic carbocycles. The number of para-hydroxylation sites is 2. The molecule has 0 atom stereocenters. The van der Waals surface area contributed by atoms with Crippen molar-refractivity contribution in [2.45, 2.75) is 11.8 Å². The molecule has 0 amide bonds. The lowest BCUT2D eigenvalue weighted by Gasteiger charge is -2.22. The van der Waals surface area contributed by atoms with Crippen molar-refractivity contribution in [2.24, 2.45) is 0 Å². The molecule has 1 heterocycles. The third-order valence-corrected chi connectivity index (χ3v) is 6.48. The number of sulfonamides is 1. The molecule has 0 aliphatic rings. The second-order valence-corrected chi connectivity index (χ2v) is 8.49. The van der Waals surface area contributed by atoms with E-state index in [-0.39, 0.29) is 4.90 Å². The molecule has 0 saturated carbocycles. The Kier molecular flexibility index (Phi) is 4.24. The number of anilines is 1. The smallest absolute Gasteiger partial charge is 0.265 e. The van der Waals surface area contributed by atoms with Gasteiger partial charge in [0.1, 0.15) is 5.82 Å². The first-order valence-corrected chi connectivity index (χ1v) is 10.1. The predicted molar refractivity (Wildman–Crippen MR) is 110 cm³/mol. The SMILES string of the molecule is Cc1ccc(S(=O)(=O)N(C)c2cc3ccccc3n2-c2ccccc2)cc1. The third-order valence-electron chi connectivity index (χ3n) is 4.71. The monoisotopic (exact) mass is 376 g/mol. The topological polar surface area (TPSA) is 42.3 Å². The normalized spacial score (nSPS) is 11.6. The zero-order valence-electron chi connectivity index (χ0n) is 15.2. The van der Waals surface area contributed by atoms with Crippen LogP contribution >= 0.6 is 0 Å². The summed E-state index contributed by atoms with van der Waals surface area (Å²) in [7, 11) is -2.07. The van der Waals surface area contributed by atoms with E-state index < -0.39 is 10.0 Å². The van der Waals surface area contributed by atoms with Gasteiger partial charge in [-0.15, -0.1) is 0 Å². The van der Waals surface area contributed by atoms with Crippen molar-refractivity contribution in [3.63, 3.8) is 0 Å². The van der Waals surface area contributed by atoms with E-state index >= 15 is 0 Å². The van der Waals surface area contributed by atoms with Crippen LogP contribution in [0.15, 0.2) is 89.8 Å². The first-order chi connectivity index (χ1) is 13.0. The van der Waals surface area contributed by atoms with Crippen LogP contribution in [0.2, 0.25) is 0 Å². The Morgan fingerprint density at radius 1 is 0.815 bits per heavy atom. The molecular weight excluding hydrogens is 356 g/mol. The van der Waals surface area contributed by atoms with Crippen molar-refractivity contribution < 1.29 is 8.42 Å². The van der Waals surface area contributed by atoms with Crippen LogP contribution in [0.25, 0.3) is 16.6 Å². The van der Waals surface area contributed by atoms with Gasteiger partial charge in [-0.05, 0) is 43.3 Å². The molecule has 0 N–H and O–H groups in total. The lowest BCUT2D eigenvalue weighted by molar-refractivity contribution is 0.593. The molecule has 0 unspecified atom stereocenters. The quantitative estimate of drug-likeness (QED) is 0.515. The standard InChI is InChI=1S/C22H20N2O2S/c1-17-12-14-20(15-13-17)27(25,26)23(2)22-16-18-8-6-7-11-21(18)24(22)19-9-4-3-5-10-19/h3-16H,1-2H3. The van der Waals surface area contributed by atoms with E-state index in [1.54, 1.807) is 19.2 Å². The van der Waals surface area contributed by atoms with Crippen LogP contribution in [-0.4, -0.2) is 20.0 Å². The zero-order chi connectivity index (χ0) is 19.0. The van der Waals surface area contributed by atoms with E-state index in [2.05, 4.69) is 0 Å². The summed E-state index contributed by atoms with van der Waals surface area (Å²) in [5, 5.41) is 0.988. The van der Waals surface area contributed by atoms with Crippen LogP contribution in [0.3, 0.4) is 0 Å². The van der Waals surface area contributed by atoms with Crippen molar-refractivity contribution in [1.82, 2.24) is 4.57 Å². The van der Waals surface area contributed by atoms with E-state index in [0.717, 1.165) is 22.2 Å². The summed E-state index contributed by atoms with van der Waals surface area (Å²) in [4.78, 5) is 0.278. The maximum absolute atomic E-state index is 13.2. The van der Waals surface area contributed by atoms with Crippen molar-refractivity contribution in [3.05, 3.63) is 90.5 Å². The number of hydrogen-bond donors (Lipinski definition) is 0. The van der Waals surface area contributed by atoms with Gasteiger partial charge in [-0.3, -0.25) is 8.87 Å². The minimum Gasteiger partial charge on any atom is -0.295 e. The van der Waals surface area contributed by atoms with E-state index in [1.165, 1.54) is 4.31 Å². The number of benzene rings is 3. The van der Waals surface area contributed by atoms with Gasteiger partial charge in [0.2, 0.25) is 0 Å². The molecule has 136 valence electrons. The molecule has 4 rings (SSSR count). The number of hydrogen-bond acceptors (Lipinski definition) is 2. The van der Waals surface area contributed by atoms with Crippen molar-refractivity contribution >= 4 is 26.7 Å². The van der Waals surface area contributed by atoms with Crippen molar-refractivity contribution in [1.29, 1.82) is 0 Å². The second-order valence-electron chi connectivity index (χ2n) is 6.52. The van der Waals surface area contributed by atoms with Crippen LogP contribution in [0.4, 0.5) is 5.82 Å². The molecule has 3 aromatic carbocycles. The number of aryl methyl sites for hydroxylation is 1. The van der Waals surface area contributed by atoms with Gasteiger partial charge in [-0.2, -0.15) is 0 Å². The van der Waals surface area contributed by atoms with E-state index in [4.69, 9.17) is 0 Å². The number of aromatic nitrogens is 1. The third kappa shape index (κ3) is 3.00. The highest BCUT2D eigenvalue weighted by Crippen LogP contribution is 2.32. The zero-order valence-corrected chi connectivity index (χ0v) is 16.0. The number of nitrogens with zero attached hydrogens (tertiary/aromatic N) is 2. The molecule has 0 fully saturated rings. The molecule has 0 aliphatic heterocycles. The second kappa shape index (κ2) is 6.59. The van der Waals surface area contributed by atoms with E-state index in [9.17, 15) is 8.42 Å². The van der Waals surface area contributed by atoms with Gasteiger partial charge in [0.15, 0.2) is 0 Å². The molecule has 5 heteroatoms. The first kappa shape index (κ1) is 17.4. The Bertz CT molecular complexity index is 1190. The van der Waals surface area contributed by atoms with Crippen LogP contribution < -0.4 is 4.31 Å². The van der Waals surface area contributed by atoms with Gasteiger partial charge in [0, 0.05) is 18.1 Å². The fourth-order valence-electron chi connectivity index (χ4n) is 3.21. The molecule has 0 radical (unpaired) electrons. The Hall–Kier alpha value is -3.05. The Balaban J connectivity index is 1.92. The van der Waals surface area contributed by atoms with Crippen molar-refractivity contribution in [3.8, 4) is 5.69 Å². The lowest BCUT2D eigenvalue weighted by Crippen LogP contribution is -2.28. The van der Waals surface area contributed by atoms with Gasteiger partial charge in [0.05, 0.1) is 10.4 Å². The summed E-state index contributed by atoms with van der Waals surface area (Å²) in [6.45, 7) is 1.94. The predicted octanol–water partition coefficient (Wildman–Crippen LogP) is 4.76. The van der Waals surface area contributed by atoms with Gasteiger partial charge in [0.25, 0.3) is 10.0 Å². The molecular formula is C22H20N2O2S. The molecule has 4 nitrogen and oxygen atoms in total. The maximum atomic E-state index is 13.2. The minimum absolute atomic E-state index is 0.278. The van der Waals surface area contributed by atoms with Crippen LogP contribution in [0.1, 0.15) is 5.56 Å². The fraction of sp³-hybridized carbons (Fsp3) is 0.0909. The maximum Gasteiger partial charge on any atom is 0.265 e. The molecule has 0 bridgehead atoms. The van der Waals surface area contributed by atoms with E-state index in [0.29, 0.717) is 5.82 Å². The van der Waals surface area contributed by atoms with Gasteiger partial charge in [-0.1, -0.05) is 54.1 Å².